The van der Waals surface area contributed by atoms with E-state index in [2.05, 4.69) is 0 Å². The van der Waals surface area contributed by atoms with Gasteiger partial charge in [-0.1, -0.05) is 12.1 Å². The molecule has 1 amide bonds. The second kappa shape index (κ2) is 8.18. The molecule has 7 heteroatoms. The Labute approximate surface area is 175 Å². The lowest BCUT2D eigenvalue weighted by molar-refractivity contribution is -0.148. The molecule has 0 aliphatic carbocycles. The van der Waals surface area contributed by atoms with Crippen molar-refractivity contribution >= 4 is 28.6 Å². The number of hydrogen-bond acceptors (Lipinski definition) is 5. The van der Waals surface area contributed by atoms with Crippen LogP contribution in [0.15, 0.2) is 48.5 Å². The lowest BCUT2D eigenvalue weighted by Crippen LogP contribution is -2.25. The van der Waals surface area contributed by atoms with Gasteiger partial charge < -0.3 is 18.9 Å². The number of carbonyl (C=O) groups is 2. The zero-order chi connectivity index (χ0) is 21.3. The van der Waals surface area contributed by atoms with E-state index < -0.39 is 0 Å². The number of methoxy groups -OCH3 is 1. The SMILES string of the molecule is COc1ccc(N2CC(c3nc4ccccc4n3CC(=O)OC(C)C)CC2=O)cc1. The molecule has 1 aromatic heterocycles. The highest BCUT2D eigenvalue weighted by Gasteiger charge is 2.35. The summed E-state index contributed by atoms with van der Waals surface area (Å²) in [6.45, 7) is 4.23. The van der Waals surface area contributed by atoms with Crippen LogP contribution in [0, 0.1) is 0 Å². The van der Waals surface area contributed by atoms with Crippen molar-refractivity contribution < 1.29 is 19.1 Å². The van der Waals surface area contributed by atoms with Gasteiger partial charge in [0, 0.05) is 24.6 Å². The molecule has 0 saturated carbocycles. The summed E-state index contributed by atoms with van der Waals surface area (Å²) in [7, 11) is 1.61. The number of esters is 1. The fraction of sp³-hybridized carbons (Fsp3) is 0.348. The van der Waals surface area contributed by atoms with Gasteiger partial charge in [-0.25, -0.2) is 4.98 Å². The first-order chi connectivity index (χ1) is 14.5. The molecule has 7 nitrogen and oxygen atoms in total. The maximum absolute atomic E-state index is 12.8. The third-order valence-corrected chi connectivity index (χ3v) is 5.21. The van der Waals surface area contributed by atoms with Crippen LogP contribution in [0.25, 0.3) is 11.0 Å². The molecule has 1 aliphatic rings. The van der Waals surface area contributed by atoms with Crippen molar-refractivity contribution in [1.29, 1.82) is 0 Å². The van der Waals surface area contributed by atoms with E-state index in [1.54, 1.807) is 12.0 Å². The largest absolute Gasteiger partial charge is 0.497 e. The van der Waals surface area contributed by atoms with Crippen LogP contribution in [0.5, 0.6) is 5.75 Å². The number of fused-ring (bicyclic) bond motifs is 1. The molecular formula is C23H25N3O4. The number of anilines is 1. The van der Waals surface area contributed by atoms with Crippen LogP contribution < -0.4 is 9.64 Å². The molecule has 3 aromatic rings. The lowest BCUT2D eigenvalue weighted by atomic mass is 10.1. The number of ether oxygens (including phenoxy) is 2. The summed E-state index contributed by atoms with van der Waals surface area (Å²) >= 11 is 0. The maximum Gasteiger partial charge on any atom is 0.326 e. The summed E-state index contributed by atoms with van der Waals surface area (Å²) in [5.41, 5.74) is 2.49. The van der Waals surface area contributed by atoms with Crippen LogP contribution in [0.1, 0.15) is 32.0 Å². The number of hydrogen-bond donors (Lipinski definition) is 0. The molecule has 30 heavy (non-hydrogen) atoms. The number of aromatic nitrogens is 2. The van der Waals surface area contributed by atoms with Gasteiger partial charge in [0.1, 0.15) is 18.1 Å². The smallest absolute Gasteiger partial charge is 0.326 e. The van der Waals surface area contributed by atoms with Crippen LogP contribution in [-0.2, 0) is 20.9 Å². The number of amides is 1. The summed E-state index contributed by atoms with van der Waals surface area (Å²) < 4.78 is 12.4. The van der Waals surface area contributed by atoms with E-state index >= 15 is 0 Å². The summed E-state index contributed by atoms with van der Waals surface area (Å²) in [6.07, 6.45) is 0.156. The Morgan fingerprint density at radius 2 is 1.90 bits per heavy atom. The van der Waals surface area contributed by atoms with E-state index in [0.29, 0.717) is 13.0 Å². The molecule has 1 saturated heterocycles. The molecule has 0 N–H and O–H groups in total. The Balaban J connectivity index is 1.64. The summed E-state index contributed by atoms with van der Waals surface area (Å²) in [4.78, 5) is 31.7. The molecule has 2 aromatic carbocycles. The minimum Gasteiger partial charge on any atom is -0.497 e. The number of nitrogens with zero attached hydrogens (tertiary/aromatic N) is 3. The highest BCUT2D eigenvalue weighted by molar-refractivity contribution is 5.96. The minimum absolute atomic E-state index is 0.0357. The van der Waals surface area contributed by atoms with Crippen LogP contribution in [0.4, 0.5) is 5.69 Å². The fourth-order valence-electron chi connectivity index (χ4n) is 3.89. The normalized spacial score (nSPS) is 16.5. The summed E-state index contributed by atoms with van der Waals surface area (Å²) in [5, 5.41) is 0. The molecule has 0 spiro atoms. The molecule has 1 fully saturated rings. The van der Waals surface area contributed by atoms with Crippen molar-refractivity contribution in [2.75, 3.05) is 18.6 Å². The third kappa shape index (κ3) is 3.87. The topological polar surface area (TPSA) is 73.7 Å². The lowest BCUT2D eigenvalue weighted by Gasteiger charge is -2.18. The van der Waals surface area contributed by atoms with Gasteiger partial charge in [0.05, 0.1) is 24.2 Å². The zero-order valence-corrected chi connectivity index (χ0v) is 17.4. The van der Waals surface area contributed by atoms with Crippen molar-refractivity contribution in [3.63, 3.8) is 0 Å². The van der Waals surface area contributed by atoms with Gasteiger partial charge in [-0.3, -0.25) is 9.59 Å². The molecule has 1 unspecified atom stereocenters. The Kier molecular flexibility index (Phi) is 5.44. The third-order valence-electron chi connectivity index (χ3n) is 5.21. The molecule has 4 rings (SSSR count). The first-order valence-corrected chi connectivity index (χ1v) is 10.1. The van der Waals surface area contributed by atoms with Crippen molar-refractivity contribution in [2.24, 2.45) is 0 Å². The molecular weight excluding hydrogens is 382 g/mol. The monoisotopic (exact) mass is 407 g/mol. The first-order valence-electron chi connectivity index (χ1n) is 10.1. The van der Waals surface area contributed by atoms with Crippen molar-refractivity contribution in [3.05, 3.63) is 54.4 Å². The zero-order valence-electron chi connectivity index (χ0n) is 17.4. The second-order valence-electron chi connectivity index (χ2n) is 7.69. The number of para-hydroxylation sites is 2. The maximum atomic E-state index is 12.8. The predicted octanol–water partition coefficient (Wildman–Crippen LogP) is 3.52. The van der Waals surface area contributed by atoms with Gasteiger partial charge in [-0.05, 0) is 50.2 Å². The Morgan fingerprint density at radius 1 is 1.17 bits per heavy atom. The fourth-order valence-corrected chi connectivity index (χ4v) is 3.89. The van der Waals surface area contributed by atoms with Crippen molar-refractivity contribution in [3.8, 4) is 5.75 Å². The number of imidazole rings is 1. The van der Waals surface area contributed by atoms with Gasteiger partial charge in [-0.2, -0.15) is 0 Å². The van der Waals surface area contributed by atoms with Crippen LogP contribution in [0.3, 0.4) is 0 Å². The van der Waals surface area contributed by atoms with E-state index in [9.17, 15) is 9.59 Å². The van der Waals surface area contributed by atoms with Gasteiger partial charge in [0.2, 0.25) is 5.91 Å². The minimum atomic E-state index is -0.314. The van der Waals surface area contributed by atoms with E-state index in [1.165, 1.54) is 0 Å². The highest BCUT2D eigenvalue weighted by atomic mass is 16.5. The first kappa shape index (κ1) is 19.9. The number of carbonyl (C=O) groups excluding carboxylic acids is 2. The Bertz CT molecular complexity index is 1070. The Morgan fingerprint density at radius 3 is 2.60 bits per heavy atom. The quantitative estimate of drug-likeness (QED) is 0.585. The van der Waals surface area contributed by atoms with E-state index in [-0.39, 0.29) is 30.4 Å². The summed E-state index contributed by atoms with van der Waals surface area (Å²) in [6, 6.07) is 15.1. The average Bonchev–Trinajstić information content (AvgIpc) is 3.28. The second-order valence-corrected chi connectivity index (χ2v) is 7.69. The molecule has 0 radical (unpaired) electrons. The van der Waals surface area contributed by atoms with E-state index in [1.807, 2.05) is 66.9 Å². The van der Waals surface area contributed by atoms with Gasteiger partial charge in [-0.15, -0.1) is 0 Å². The molecule has 1 atom stereocenters. The predicted molar refractivity (Wildman–Crippen MR) is 114 cm³/mol. The van der Waals surface area contributed by atoms with E-state index in [0.717, 1.165) is 28.3 Å². The van der Waals surface area contributed by atoms with Crippen LogP contribution in [-0.4, -0.2) is 41.2 Å². The van der Waals surface area contributed by atoms with E-state index in [4.69, 9.17) is 14.5 Å². The molecule has 0 bridgehead atoms. The van der Waals surface area contributed by atoms with Crippen molar-refractivity contribution in [1.82, 2.24) is 9.55 Å². The summed E-state index contributed by atoms with van der Waals surface area (Å²) in [5.74, 6) is 1.09. The standard InChI is InChI=1S/C23H25N3O4/c1-15(2)30-22(28)14-26-20-7-5-4-6-19(20)24-23(26)16-12-21(27)25(13-16)17-8-10-18(29-3)11-9-17/h4-11,15-16H,12-14H2,1-3H3. The molecule has 2 heterocycles. The van der Waals surface area contributed by atoms with Crippen molar-refractivity contribution in [2.45, 2.75) is 38.8 Å². The molecule has 1 aliphatic heterocycles. The average molecular weight is 407 g/mol. The highest BCUT2D eigenvalue weighted by Crippen LogP contribution is 2.33. The van der Waals surface area contributed by atoms with Crippen LogP contribution >= 0.6 is 0 Å². The van der Waals surface area contributed by atoms with Gasteiger partial charge in [0.25, 0.3) is 0 Å². The Hall–Kier alpha value is -3.35. The van der Waals surface area contributed by atoms with Crippen LogP contribution in [0.2, 0.25) is 0 Å². The number of benzene rings is 2. The van der Waals surface area contributed by atoms with Gasteiger partial charge >= 0.3 is 5.97 Å². The number of rotatable bonds is 6. The molecule has 156 valence electrons. The van der Waals surface area contributed by atoms with Gasteiger partial charge in [0.15, 0.2) is 0 Å².